The Morgan fingerprint density at radius 2 is 1.39 bits per heavy atom. The molecule has 0 aliphatic rings. The summed E-state index contributed by atoms with van der Waals surface area (Å²) in [7, 11) is -0.583. The summed E-state index contributed by atoms with van der Waals surface area (Å²) in [6, 6.07) is -0.0724. The second kappa shape index (κ2) is 11.4. The van der Waals surface area contributed by atoms with Gasteiger partial charge >= 0.3 is 13.9 Å². The fourth-order valence-corrected chi connectivity index (χ4v) is 4.79. The number of carbonyl (C=O) groups excluding carboxylic acids is 2. The first kappa shape index (κ1) is 28.0. The lowest BCUT2D eigenvalue weighted by molar-refractivity contribution is -0.218. The van der Waals surface area contributed by atoms with E-state index >= 15 is 0 Å². The highest BCUT2D eigenvalue weighted by atomic mass is 32.2. The molecule has 164 valence electrons. The summed E-state index contributed by atoms with van der Waals surface area (Å²) >= 11 is 2.08. The van der Waals surface area contributed by atoms with Gasteiger partial charge in [-0.15, -0.1) is 0 Å². The maximum absolute atomic E-state index is 12.8. The number of ether oxygens (including phenoxy) is 1. The Morgan fingerprint density at radius 3 is 1.75 bits per heavy atom. The predicted molar refractivity (Wildman–Crippen MR) is 118 cm³/mol. The third-order valence-corrected chi connectivity index (χ3v) is 6.79. The van der Waals surface area contributed by atoms with Crippen LogP contribution in [0.1, 0.15) is 69.2 Å². The van der Waals surface area contributed by atoms with E-state index in [9.17, 15) is 14.2 Å². The van der Waals surface area contributed by atoms with Crippen LogP contribution in [0.4, 0.5) is 0 Å². The van der Waals surface area contributed by atoms with Gasteiger partial charge in [0, 0.05) is 28.7 Å². The van der Waals surface area contributed by atoms with Gasteiger partial charge in [0.1, 0.15) is 0 Å². The monoisotopic (exact) mass is 453 g/mol. The molecule has 0 rings (SSSR count). The second-order valence-electron chi connectivity index (χ2n) is 9.16. The lowest BCUT2D eigenvalue weighted by Crippen LogP contribution is -2.56. The Bertz CT molecular complexity index is 535. The summed E-state index contributed by atoms with van der Waals surface area (Å²) in [4.78, 5) is 26.8. The lowest BCUT2D eigenvalue weighted by atomic mass is 9.99. The van der Waals surface area contributed by atoms with Gasteiger partial charge in [-0.05, 0) is 39.5 Å². The molecule has 0 fully saturated rings. The van der Waals surface area contributed by atoms with E-state index in [1.54, 1.807) is 0 Å². The zero-order valence-electron chi connectivity index (χ0n) is 18.8. The van der Waals surface area contributed by atoms with Crippen molar-refractivity contribution in [3.05, 3.63) is 0 Å². The number of nitrogens with zero attached hydrogens (tertiary/aromatic N) is 1. The van der Waals surface area contributed by atoms with Crippen LogP contribution in [0, 0.1) is 10.8 Å². The predicted octanol–water partition coefficient (Wildman–Crippen LogP) is 5.57. The summed E-state index contributed by atoms with van der Waals surface area (Å²) < 4.78 is 23.0. The number of hydrogen-bond donors (Lipinski definition) is 0. The van der Waals surface area contributed by atoms with E-state index in [0.29, 0.717) is 5.75 Å². The van der Waals surface area contributed by atoms with Crippen LogP contribution in [-0.2, 0) is 23.4 Å². The third-order valence-electron chi connectivity index (χ3n) is 3.63. The molecular formula is C19H36NO5PS2. The SMILES string of the molecule is CC(C)N(C(C)C)C(OCCSC(=O)C(C)(C)C)(OP=O)SC(=O)C(C)(C)C. The van der Waals surface area contributed by atoms with Crippen LogP contribution in [0.3, 0.4) is 0 Å². The Hall–Kier alpha value is 0.0200. The quantitative estimate of drug-likeness (QED) is 0.242. The molecule has 6 nitrogen and oxygen atoms in total. The maximum Gasteiger partial charge on any atom is 0.331 e. The van der Waals surface area contributed by atoms with Gasteiger partial charge in [0.05, 0.1) is 6.61 Å². The Kier molecular flexibility index (Phi) is 11.4. The van der Waals surface area contributed by atoms with Gasteiger partial charge in [0.25, 0.3) is 0 Å². The molecule has 0 aromatic carbocycles. The number of carbonyl (C=O) groups is 2. The fourth-order valence-electron chi connectivity index (χ4n) is 2.32. The van der Waals surface area contributed by atoms with Crippen LogP contribution < -0.4 is 0 Å². The van der Waals surface area contributed by atoms with Gasteiger partial charge in [-0.3, -0.25) is 9.59 Å². The summed E-state index contributed by atoms with van der Waals surface area (Å²) in [5.41, 5.74) is -1.07. The van der Waals surface area contributed by atoms with Gasteiger partial charge in [-0.1, -0.05) is 53.3 Å². The molecule has 28 heavy (non-hydrogen) atoms. The number of rotatable bonds is 10. The molecule has 0 bridgehead atoms. The normalized spacial score (nSPS) is 15.5. The highest BCUT2D eigenvalue weighted by molar-refractivity contribution is 8.14. The van der Waals surface area contributed by atoms with E-state index in [0.717, 1.165) is 11.8 Å². The van der Waals surface area contributed by atoms with E-state index in [2.05, 4.69) is 0 Å². The first-order valence-electron chi connectivity index (χ1n) is 9.42. The number of thioether (sulfide) groups is 2. The minimum absolute atomic E-state index is 0.0362. The van der Waals surface area contributed by atoms with Crippen LogP contribution in [0.15, 0.2) is 0 Å². The molecule has 0 saturated heterocycles. The molecule has 0 N–H and O–H groups in total. The molecule has 0 radical (unpaired) electrons. The molecule has 1 atom stereocenters. The molecule has 1 unspecified atom stereocenters. The first-order chi connectivity index (χ1) is 12.6. The van der Waals surface area contributed by atoms with E-state index in [1.807, 2.05) is 74.1 Å². The molecule has 0 amide bonds. The minimum Gasteiger partial charge on any atom is -0.327 e. The molecule has 0 spiro atoms. The smallest absolute Gasteiger partial charge is 0.327 e. The maximum atomic E-state index is 12.8. The fraction of sp³-hybridized carbons (Fsp3) is 0.895. The molecular weight excluding hydrogens is 417 g/mol. The Labute approximate surface area is 180 Å². The Morgan fingerprint density at radius 1 is 0.929 bits per heavy atom. The van der Waals surface area contributed by atoms with Crippen LogP contribution in [0.5, 0.6) is 0 Å². The highest BCUT2D eigenvalue weighted by Gasteiger charge is 2.48. The van der Waals surface area contributed by atoms with E-state index in [1.165, 1.54) is 11.8 Å². The van der Waals surface area contributed by atoms with Crippen molar-refractivity contribution >= 4 is 42.4 Å². The minimum atomic E-state index is -1.54. The van der Waals surface area contributed by atoms with Crippen molar-refractivity contribution in [1.29, 1.82) is 0 Å². The molecule has 9 heteroatoms. The lowest BCUT2D eigenvalue weighted by Gasteiger charge is -2.44. The van der Waals surface area contributed by atoms with E-state index in [-0.39, 0.29) is 28.9 Å². The van der Waals surface area contributed by atoms with Crippen molar-refractivity contribution in [2.45, 2.75) is 86.6 Å². The van der Waals surface area contributed by atoms with E-state index in [4.69, 9.17) is 9.26 Å². The summed E-state index contributed by atoms with van der Waals surface area (Å²) in [6.45, 7) is 19.1. The zero-order valence-corrected chi connectivity index (χ0v) is 21.3. The summed E-state index contributed by atoms with van der Waals surface area (Å²) in [6.07, 6.45) is 0. The molecule has 0 heterocycles. The summed E-state index contributed by atoms with van der Waals surface area (Å²) in [5.74, 6) is 0.408. The van der Waals surface area contributed by atoms with Crippen molar-refractivity contribution in [3.8, 4) is 0 Å². The van der Waals surface area contributed by atoms with Crippen LogP contribution in [0.25, 0.3) is 0 Å². The Balaban J connectivity index is 5.64. The summed E-state index contributed by atoms with van der Waals surface area (Å²) in [5, 5.41) is -1.62. The van der Waals surface area contributed by atoms with Gasteiger partial charge in [0.15, 0.2) is 5.12 Å². The standard InChI is InChI=1S/C19H36NO5PS2/c1-13(2)20(14(3)4)19(25-26-23,28-16(22)18(8,9)10)24-11-12-27-15(21)17(5,6)7/h13-14H,11-12H2,1-10H3. The molecule has 0 aromatic heterocycles. The molecule has 0 aromatic rings. The van der Waals surface area contributed by atoms with Gasteiger partial charge in [-0.25, -0.2) is 14.0 Å². The second-order valence-corrected chi connectivity index (χ2v) is 11.6. The average molecular weight is 454 g/mol. The topological polar surface area (TPSA) is 72.9 Å². The van der Waals surface area contributed by atoms with Crippen LogP contribution >= 0.6 is 32.2 Å². The van der Waals surface area contributed by atoms with Gasteiger partial charge < -0.3 is 4.74 Å². The highest BCUT2D eigenvalue weighted by Crippen LogP contribution is 2.42. The van der Waals surface area contributed by atoms with Crippen molar-refractivity contribution < 1.29 is 23.4 Å². The van der Waals surface area contributed by atoms with Crippen molar-refractivity contribution in [1.82, 2.24) is 4.90 Å². The van der Waals surface area contributed by atoms with Crippen LogP contribution in [0.2, 0.25) is 0 Å². The van der Waals surface area contributed by atoms with Gasteiger partial charge in [0.2, 0.25) is 5.12 Å². The van der Waals surface area contributed by atoms with Crippen LogP contribution in [-0.4, -0.2) is 44.8 Å². The third kappa shape index (κ3) is 8.80. The first-order valence-corrected chi connectivity index (χ1v) is 12.0. The molecule has 0 aliphatic carbocycles. The number of hydrogen-bond acceptors (Lipinski definition) is 8. The van der Waals surface area contributed by atoms with E-state index < -0.39 is 24.8 Å². The van der Waals surface area contributed by atoms with Crippen molar-refractivity contribution in [3.63, 3.8) is 0 Å². The largest absolute Gasteiger partial charge is 0.331 e. The molecule has 0 aliphatic heterocycles. The zero-order chi connectivity index (χ0) is 22.3. The molecule has 0 saturated carbocycles. The van der Waals surface area contributed by atoms with Crippen molar-refractivity contribution in [2.24, 2.45) is 10.8 Å². The van der Waals surface area contributed by atoms with Gasteiger partial charge in [-0.2, -0.15) is 0 Å². The van der Waals surface area contributed by atoms with Crippen molar-refractivity contribution in [2.75, 3.05) is 12.4 Å². The average Bonchev–Trinajstić information content (AvgIpc) is 2.48.